The van der Waals surface area contributed by atoms with Crippen LogP contribution in [0.3, 0.4) is 0 Å². The second-order valence-electron chi connectivity index (χ2n) is 16.5. The highest BCUT2D eigenvalue weighted by molar-refractivity contribution is 5.83. The maximum atomic E-state index is 10.7. The number of nitrogens with zero attached hydrogens (tertiary/aromatic N) is 2. The van der Waals surface area contributed by atoms with Crippen molar-refractivity contribution >= 4 is 17.6 Å². The topological polar surface area (TPSA) is 102 Å². The summed E-state index contributed by atoms with van der Waals surface area (Å²) in [6, 6.07) is 0. The van der Waals surface area contributed by atoms with E-state index >= 15 is 0 Å². The van der Waals surface area contributed by atoms with Gasteiger partial charge in [0.1, 0.15) is 0 Å². The third-order valence-corrected chi connectivity index (χ3v) is 11.5. The highest BCUT2D eigenvalue weighted by atomic mass is 16.1. The molecule has 1 heterocycles. The minimum atomic E-state index is -0.153. The zero-order valence-corrected chi connectivity index (χ0v) is 34.8. The molecule has 0 aliphatic carbocycles. The lowest BCUT2D eigenvalue weighted by molar-refractivity contribution is -0.119. The van der Waals surface area contributed by atoms with Crippen LogP contribution in [0, 0.1) is 0 Å². The van der Waals surface area contributed by atoms with Gasteiger partial charge in [-0.2, -0.15) is 0 Å². The van der Waals surface area contributed by atoms with E-state index in [2.05, 4.69) is 4.90 Å². The number of amides is 2. The lowest BCUT2D eigenvalue weighted by Crippen LogP contribution is -2.28. The van der Waals surface area contributed by atoms with Gasteiger partial charge in [0.25, 0.3) is 0 Å². The first-order valence-electron chi connectivity index (χ1n) is 23.4. The number of primary amides is 2. The number of hydrogen-bond donors (Lipinski definition) is 2. The van der Waals surface area contributed by atoms with Crippen molar-refractivity contribution in [2.24, 2.45) is 16.5 Å². The molecule has 0 spiro atoms. The SMILES string of the molecule is NC(=O)CCCCCCCCCCCCCCCCCCCCCN1CCN=C1CCCCCCCCCCCCCCCCCCCCC(N)=O. The zero-order valence-electron chi connectivity index (χ0n) is 34.8. The molecule has 306 valence electrons. The molecular weight excluding hydrogens is 641 g/mol. The molecule has 4 N–H and O–H groups in total. The van der Waals surface area contributed by atoms with Crippen molar-refractivity contribution in [3.63, 3.8) is 0 Å². The van der Waals surface area contributed by atoms with Gasteiger partial charge in [-0.3, -0.25) is 14.6 Å². The van der Waals surface area contributed by atoms with Gasteiger partial charge in [-0.05, 0) is 25.7 Å². The van der Waals surface area contributed by atoms with E-state index in [1.807, 2.05) is 0 Å². The molecule has 0 fully saturated rings. The summed E-state index contributed by atoms with van der Waals surface area (Å²) >= 11 is 0. The predicted octanol–water partition coefficient (Wildman–Crippen LogP) is 13.3. The van der Waals surface area contributed by atoms with E-state index in [1.54, 1.807) is 0 Å². The minimum Gasteiger partial charge on any atom is -0.370 e. The van der Waals surface area contributed by atoms with Crippen LogP contribution in [0.5, 0.6) is 0 Å². The van der Waals surface area contributed by atoms with Crippen LogP contribution in [0.2, 0.25) is 0 Å². The Bertz CT molecular complexity index is 816. The van der Waals surface area contributed by atoms with Gasteiger partial charge in [0, 0.05) is 32.4 Å². The first kappa shape index (κ1) is 48.4. The van der Waals surface area contributed by atoms with Crippen molar-refractivity contribution < 1.29 is 9.59 Å². The fourth-order valence-corrected chi connectivity index (χ4v) is 8.02. The Balaban J connectivity index is 1.75. The first-order valence-corrected chi connectivity index (χ1v) is 23.4. The van der Waals surface area contributed by atoms with E-state index in [0.29, 0.717) is 12.8 Å². The van der Waals surface area contributed by atoms with Gasteiger partial charge < -0.3 is 16.4 Å². The predicted molar refractivity (Wildman–Crippen MR) is 227 cm³/mol. The second-order valence-corrected chi connectivity index (χ2v) is 16.5. The van der Waals surface area contributed by atoms with E-state index in [9.17, 15) is 9.59 Å². The summed E-state index contributed by atoms with van der Waals surface area (Å²) in [4.78, 5) is 29.0. The number of nitrogens with two attached hydrogens (primary N) is 2. The summed E-state index contributed by atoms with van der Waals surface area (Å²) in [5, 5.41) is 0. The number of aliphatic imine (C=N–C) groups is 1. The largest absolute Gasteiger partial charge is 0.370 e. The lowest BCUT2D eigenvalue weighted by Gasteiger charge is -2.20. The maximum Gasteiger partial charge on any atom is 0.217 e. The maximum absolute atomic E-state index is 10.7. The molecule has 0 saturated heterocycles. The molecule has 1 aliphatic rings. The summed E-state index contributed by atoms with van der Waals surface area (Å²) in [6.45, 7) is 3.42. The summed E-state index contributed by atoms with van der Waals surface area (Å²) in [5.74, 6) is 1.11. The van der Waals surface area contributed by atoms with Crippen molar-refractivity contribution in [1.82, 2.24) is 4.90 Å². The molecular formula is C46H90N4O2. The van der Waals surface area contributed by atoms with Gasteiger partial charge in [-0.25, -0.2) is 0 Å². The standard InChI is InChI=1S/C46H90N4O2/c47-44(51)38-34-30-26-22-18-14-10-6-2-1-5-9-13-17-21-25-29-33-37-42-50-43-41-49-46(50)40-36-32-28-24-20-16-12-8-4-3-7-11-15-19-23-27-31-35-39-45(48)52/h1-43H2,(H2,47,51)(H2,48,52). The molecule has 0 bridgehead atoms. The van der Waals surface area contributed by atoms with Crippen LogP contribution in [0.1, 0.15) is 257 Å². The lowest BCUT2D eigenvalue weighted by atomic mass is 10.0. The number of rotatable bonds is 43. The molecule has 0 unspecified atom stereocenters. The molecule has 6 nitrogen and oxygen atoms in total. The highest BCUT2D eigenvalue weighted by Gasteiger charge is 2.15. The number of amidine groups is 1. The molecule has 0 saturated carbocycles. The molecule has 1 rings (SSSR count). The number of unbranched alkanes of at least 4 members (excludes halogenated alkanes) is 35. The Morgan fingerprint density at radius 1 is 0.385 bits per heavy atom. The molecule has 6 heteroatoms. The summed E-state index contributed by atoms with van der Waals surface area (Å²) in [6.07, 6.45) is 52.6. The first-order chi connectivity index (χ1) is 25.6. The van der Waals surface area contributed by atoms with Crippen LogP contribution in [0.25, 0.3) is 0 Å². The summed E-state index contributed by atoms with van der Waals surface area (Å²) in [5.41, 5.74) is 10.4. The van der Waals surface area contributed by atoms with E-state index in [0.717, 1.165) is 38.8 Å². The van der Waals surface area contributed by atoms with Crippen molar-refractivity contribution in [3.05, 3.63) is 0 Å². The molecule has 0 aromatic carbocycles. The molecule has 52 heavy (non-hydrogen) atoms. The Labute approximate surface area is 324 Å². The van der Waals surface area contributed by atoms with Gasteiger partial charge in [-0.1, -0.05) is 212 Å². The normalized spacial score (nSPS) is 12.9. The fraction of sp³-hybridized carbons (Fsp3) is 0.935. The number of carbonyl (C=O) groups is 2. The van der Waals surface area contributed by atoms with Gasteiger partial charge in [-0.15, -0.1) is 0 Å². The quantitative estimate of drug-likeness (QED) is 0.0611. The van der Waals surface area contributed by atoms with Crippen molar-refractivity contribution in [2.75, 3.05) is 19.6 Å². The smallest absolute Gasteiger partial charge is 0.217 e. The average molecular weight is 731 g/mol. The summed E-state index contributed by atoms with van der Waals surface area (Å²) in [7, 11) is 0. The van der Waals surface area contributed by atoms with E-state index in [1.165, 1.54) is 231 Å². The third kappa shape index (κ3) is 35.4. The van der Waals surface area contributed by atoms with Crippen LogP contribution < -0.4 is 11.5 Å². The van der Waals surface area contributed by atoms with Gasteiger partial charge in [0.15, 0.2) is 0 Å². The van der Waals surface area contributed by atoms with Crippen LogP contribution in [-0.2, 0) is 9.59 Å². The summed E-state index contributed by atoms with van der Waals surface area (Å²) < 4.78 is 0. The second kappa shape index (κ2) is 39.1. The van der Waals surface area contributed by atoms with Gasteiger partial charge in [0.2, 0.25) is 11.8 Å². The van der Waals surface area contributed by atoms with E-state index in [4.69, 9.17) is 16.5 Å². The van der Waals surface area contributed by atoms with Crippen LogP contribution in [0.15, 0.2) is 4.99 Å². The molecule has 0 aromatic rings. The Hall–Kier alpha value is -1.59. The zero-order chi connectivity index (χ0) is 37.4. The monoisotopic (exact) mass is 731 g/mol. The van der Waals surface area contributed by atoms with Crippen LogP contribution >= 0.6 is 0 Å². The molecule has 0 atom stereocenters. The molecule has 0 radical (unpaired) electrons. The Kier molecular flexibility index (Phi) is 36.4. The highest BCUT2D eigenvalue weighted by Crippen LogP contribution is 2.18. The van der Waals surface area contributed by atoms with Crippen molar-refractivity contribution in [2.45, 2.75) is 257 Å². The third-order valence-electron chi connectivity index (χ3n) is 11.5. The van der Waals surface area contributed by atoms with E-state index in [-0.39, 0.29) is 11.8 Å². The minimum absolute atomic E-state index is 0.153. The van der Waals surface area contributed by atoms with Crippen molar-refractivity contribution in [3.8, 4) is 0 Å². The van der Waals surface area contributed by atoms with Gasteiger partial charge >= 0.3 is 0 Å². The molecule has 2 amide bonds. The van der Waals surface area contributed by atoms with Crippen LogP contribution in [0.4, 0.5) is 0 Å². The Morgan fingerprint density at radius 2 is 0.635 bits per heavy atom. The molecule has 1 aliphatic heterocycles. The van der Waals surface area contributed by atoms with Crippen molar-refractivity contribution in [1.29, 1.82) is 0 Å². The molecule has 0 aromatic heterocycles. The van der Waals surface area contributed by atoms with E-state index < -0.39 is 0 Å². The Morgan fingerprint density at radius 3 is 0.923 bits per heavy atom. The average Bonchev–Trinajstić information content (AvgIpc) is 3.58. The van der Waals surface area contributed by atoms with Gasteiger partial charge in [0.05, 0.1) is 12.4 Å². The van der Waals surface area contributed by atoms with Crippen LogP contribution in [-0.4, -0.2) is 42.2 Å². The number of carbonyl (C=O) groups excluding carboxylic acids is 2. The fourth-order valence-electron chi connectivity index (χ4n) is 8.02. The number of hydrogen-bond acceptors (Lipinski definition) is 4.